The largest absolute Gasteiger partial charge is 0.207 e. The van der Waals surface area contributed by atoms with Crippen LogP contribution in [0.4, 0.5) is 30.7 Å². The molecule has 0 unspecified atom stereocenters. The highest BCUT2D eigenvalue weighted by Gasteiger charge is 2.15. The molecule has 12 rings (SSSR count). The Labute approximate surface area is 519 Å². The van der Waals surface area contributed by atoms with E-state index in [1.165, 1.54) is 58.7 Å². The summed E-state index contributed by atoms with van der Waals surface area (Å²) in [5.41, 5.74) is 21.3. The van der Waals surface area contributed by atoms with Gasteiger partial charge in [0.15, 0.2) is 0 Å². The van der Waals surface area contributed by atoms with Crippen LogP contribution in [0.25, 0.3) is 89.0 Å². The van der Waals surface area contributed by atoms with Crippen LogP contribution in [-0.2, 0) is 0 Å². The number of halogens is 7. The maximum atomic E-state index is 14.5. The summed E-state index contributed by atoms with van der Waals surface area (Å²) in [7, 11) is 0. The molecule has 89 heavy (non-hydrogen) atoms. The Bertz CT molecular complexity index is 4480. The first-order valence-electron chi connectivity index (χ1n) is 29.4. The summed E-state index contributed by atoms with van der Waals surface area (Å²) in [6, 6.07) is 70.6. The zero-order chi connectivity index (χ0) is 63.6. The lowest BCUT2D eigenvalue weighted by Gasteiger charge is -2.10. The van der Waals surface area contributed by atoms with Gasteiger partial charge in [-0.3, -0.25) is 0 Å². The quantitative estimate of drug-likeness (QED) is 0.133. The molecule has 0 radical (unpaired) electrons. The van der Waals surface area contributed by atoms with Crippen LogP contribution in [0, 0.1) is 110 Å². The molecule has 0 aromatic heterocycles. The van der Waals surface area contributed by atoms with E-state index in [0.29, 0.717) is 61.2 Å². The molecule has 0 heterocycles. The molecule has 0 aliphatic rings. The fraction of sp³-hybridized carbons (Fsp3) is 0.122. The van der Waals surface area contributed by atoms with Gasteiger partial charge in [-0.1, -0.05) is 211 Å². The van der Waals surface area contributed by atoms with Gasteiger partial charge in [-0.15, -0.1) is 0 Å². The summed E-state index contributed by atoms with van der Waals surface area (Å²) >= 11 is 0. The first kappa shape index (κ1) is 63.6. The fourth-order valence-corrected chi connectivity index (χ4v) is 10.2. The van der Waals surface area contributed by atoms with E-state index >= 15 is 0 Å². The zero-order valence-electron chi connectivity index (χ0n) is 51.7. The molecule has 0 saturated heterocycles. The third kappa shape index (κ3) is 15.8. The monoisotopic (exact) mass is 1190 g/mol. The Morgan fingerprint density at radius 2 is 0.360 bits per heavy atom. The standard InChI is InChI=1S/C21H18F2.C21H19F.2C20H16F2/c1-13-4-8-18(20(22)10-13)17-7-9-19(21(23)12-17)16-6-5-14(2)15(3)11-16;1-14-4-7-17(8-5-14)18-10-11-20(21(22)13-18)19-9-6-15(2)16(3)12-19;1-13-3-6-15(7-4-13)17-10-8-16(12-20(17)22)18-9-5-14(2)11-19(18)21;1-13-3-6-15(7-4-13)18-10-9-17(12-20(18)22)16-8-5-14(2)19(21)11-16/h4-12H,1-3H3;4-13H,1-3H3;2*3-12H,1-2H3. The molecule has 0 N–H and O–H groups in total. The van der Waals surface area contributed by atoms with E-state index in [0.717, 1.165) is 61.2 Å². The maximum absolute atomic E-state index is 14.5. The normalized spacial score (nSPS) is 10.8. The molecule has 12 aromatic rings. The molecule has 0 spiro atoms. The van der Waals surface area contributed by atoms with Crippen molar-refractivity contribution in [3.05, 3.63) is 333 Å². The van der Waals surface area contributed by atoms with Crippen LogP contribution >= 0.6 is 0 Å². The molecule has 0 fully saturated rings. The Kier molecular flexibility index (Phi) is 20.3. The molecule has 0 atom stereocenters. The van der Waals surface area contributed by atoms with Gasteiger partial charge in [-0.25, -0.2) is 30.7 Å². The number of hydrogen-bond acceptors (Lipinski definition) is 0. The average Bonchev–Trinajstić information content (AvgIpc) is 2.79. The maximum Gasteiger partial charge on any atom is 0.131 e. The van der Waals surface area contributed by atoms with Gasteiger partial charge in [0.25, 0.3) is 0 Å². The number of aryl methyl sites for hydroxylation is 10. The van der Waals surface area contributed by atoms with E-state index in [1.54, 1.807) is 67.6 Å². The second-order valence-electron chi connectivity index (χ2n) is 22.9. The van der Waals surface area contributed by atoms with Crippen LogP contribution in [-0.4, -0.2) is 0 Å². The minimum Gasteiger partial charge on any atom is -0.207 e. The van der Waals surface area contributed by atoms with Gasteiger partial charge in [0.1, 0.15) is 40.7 Å². The summed E-state index contributed by atoms with van der Waals surface area (Å²) in [6.45, 7) is 19.6. The van der Waals surface area contributed by atoms with Gasteiger partial charge >= 0.3 is 0 Å². The highest BCUT2D eigenvalue weighted by molar-refractivity contribution is 5.76. The van der Waals surface area contributed by atoms with Crippen molar-refractivity contribution in [2.75, 3.05) is 0 Å². The lowest BCUT2D eigenvalue weighted by molar-refractivity contribution is 0.618. The zero-order valence-corrected chi connectivity index (χ0v) is 51.7. The minimum atomic E-state index is -0.346. The van der Waals surface area contributed by atoms with Gasteiger partial charge in [-0.05, 0) is 206 Å². The number of hydrogen-bond donors (Lipinski definition) is 0. The molecule has 0 bridgehead atoms. The Hall–Kier alpha value is -9.85. The van der Waals surface area contributed by atoms with Gasteiger partial charge in [0, 0.05) is 33.4 Å². The molecule has 0 aliphatic carbocycles. The summed E-state index contributed by atoms with van der Waals surface area (Å²) < 4.78 is 99.6. The van der Waals surface area contributed by atoms with Crippen LogP contribution in [0.2, 0.25) is 0 Å². The van der Waals surface area contributed by atoms with E-state index < -0.39 is 0 Å². The van der Waals surface area contributed by atoms with Crippen molar-refractivity contribution in [2.24, 2.45) is 0 Å². The molecular weight excluding hydrogens is 1120 g/mol. The van der Waals surface area contributed by atoms with E-state index in [1.807, 2.05) is 188 Å². The van der Waals surface area contributed by atoms with Crippen molar-refractivity contribution in [3.8, 4) is 89.0 Å². The van der Waals surface area contributed by atoms with Crippen LogP contribution in [0.5, 0.6) is 0 Å². The second-order valence-corrected chi connectivity index (χ2v) is 22.9. The third-order valence-corrected chi connectivity index (χ3v) is 16.0. The van der Waals surface area contributed by atoms with Gasteiger partial charge in [0.05, 0.1) is 0 Å². The number of benzene rings is 12. The SMILES string of the molecule is Cc1ccc(-c2ccc(-c3ccc(C)c(C)c3)c(F)c2)c(F)c1.Cc1ccc(-c2ccc(-c3ccc(C)c(C)c3)c(F)c2)cc1.Cc1ccc(-c2ccc(-c3ccc(C)c(F)c3)cc2F)cc1.Cc1ccc(-c2ccc(-c3ccc(C)cc3F)cc2F)cc1. The molecule has 0 aliphatic heterocycles. The van der Waals surface area contributed by atoms with Crippen molar-refractivity contribution >= 4 is 0 Å². The van der Waals surface area contributed by atoms with E-state index in [-0.39, 0.29) is 40.7 Å². The highest BCUT2D eigenvalue weighted by atomic mass is 19.2. The smallest absolute Gasteiger partial charge is 0.131 e. The fourth-order valence-electron chi connectivity index (χ4n) is 10.2. The van der Waals surface area contributed by atoms with Crippen LogP contribution in [0.3, 0.4) is 0 Å². The van der Waals surface area contributed by atoms with E-state index in [9.17, 15) is 30.7 Å². The Morgan fingerprint density at radius 3 is 0.685 bits per heavy atom. The third-order valence-electron chi connectivity index (χ3n) is 16.0. The summed E-state index contributed by atoms with van der Waals surface area (Å²) in [5, 5.41) is 0. The van der Waals surface area contributed by atoms with Crippen LogP contribution < -0.4 is 0 Å². The summed E-state index contributed by atoms with van der Waals surface area (Å²) in [6.07, 6.45) is 0. The van der Waals surface area contributed by atoms with Gasteiger partial charge in [-0.2, -0.15) is 0 Å². The molecule has 0 nitrogen and oxygen atoms in total. The molecular formula is C82H69F7. The molecule has 0 amide bonds. The topological polar surface area (TPSA) is 0 Å². The molecule has 12 aromatic carbocycles. The van der Waals surface area contributed by atoms with Gasteiger partial charge < -0.3 is 0 Å². The van der Waals surface area contributed by atoms with Crippen molar-refractivity contribution in [3.63, 3.8) is 0 Å². The van der Waals surface area contributed by atoms with Crippen molar-refractivity contribution < 1.29 is 30.7 Å². The Morgan fingerprint density at radius 1 is 0.146 bits per heavy atom. The Balaban J connectivity index is 0.000000141. The van der Waals surface area contributed by atoms with E-state index in [2.05, 4.69) is 13.8 Å². The first-order valence-corrected chi connectivity index (χ1v) is 29.4. The summed E-state index contributed by atoms with van der Waals surface area (Å²) in [5.74, 6) is -2.11. The van der Waals surface area contributed by atoms with Crippen molar-refractivity contribution in [2.45, 2.75) is 69.2 Å². The minimum absolute atomic E-state index is 0.179. The van der Waals surface area contributed by atoms with Crippen molar-refractivity contribution in [1.29, 1.82) is 0 Å². The predicted molar refractivity (Wildman–Crippen MR) is 356 cm³/mol. The predicted octanol–water partition coefficient (Wildman–Crippen LogP) is 24.1. The lowest BCUT2D eigenvalue weighted by Crippen LogP contribution is -1.90. The van der Waals surface area contributed by atoms with Gasteiger partial charge in [0.2, 0.25) is 0 Å². The van der Waals surface area contributed by atoms with Crippen molar-refractivity contribution in [1.82, 2.24) is 0 Å². The number of rotatable bonds is 8. The van der Waals surface area contributed by atoms with Crippen LogP contribution in [0.1, 0.15) is 55.6 Å². The first-order chi connectivity index (χ1) is 42.6. The van der Waals surface area contributed by atoms with E-state index in [4.69, 9.17) is 0 Å². The molecule has 7 heteroatoms. The second kappa shape index (κ2) is 28.3. The average molecular weight is 1190 g/mol. The van der Waals surface area contributed by atoms with Crippen LogP contribution in [0.15, 0.2) is 237 Å². The molecule has 446 valence electrons. The molecule has 0 saturated carbocycles. The highest BCUT2D eigenvalue weighted by Crippen LogP contribution is 2.35. The lowest BCUT2D eigenvalue weighted by atomic mass is 9.97. The summed E-state index contributed by atoms with van der Waals surface area (Å²) in [4.78, 5) is 0.